The molecular formula is C16H17F2NO3S. The van der Waals surface area contributed by atoms with Gasteiger partial charge in [-0.25, -0.2) is 21.9 Å². The van der Waals surface area contributed by atoms with Gasteiger partial charge in [-0.1, -0.05) is 17.7 Å². The molecule has 0 atom stereocenters. The van der Waals surface area contributed by atoms with Gasteiger partial charge in [0.25, 0.3) is 0 Å². The zero-order valence-electron chi connectivity index (χ0n) is 12.8. The van der Waals surface area contributed by atoms with Gasteiger partial charge in [-0.15, -0.1) is 0 Å². The standard InChI is InChI=1S/C16H17F2NO3S/c1-11-3-6-16(12(2)9-11)22-8-7-19-23(20,21)13-4-5-14(17)15(18)10-13/h3-6,9-10,19H,7-8H2,1-2H3. The van der Waals surface area contributed by atoms with E-state index < -0.39 is 21.7 Å². The minimum atomic E-state index is -3.91. The summed E-state index contributed by atoms with van der Waals surface area (Å²) in [4.78, 5) is -0.331. The highest BCUT2D eigenvalue weighted by Gasteiger charge is 2.16. The fourth-order valence-corrected chi connectivity index (χ4v) is 3.05. The first-order valence-electron chi connectivity index (χ1n) is 6.94. The summed E-state index contributed by atoms with van der Waals surface area (Å²) in [5, 5.41) is 0. The van der Waals surface area contributed by atoms with Crippen molar-refractivity contribution in [3.05, 3.63) is 59.2 Å². The number of benzene rings is 2. The van der Waals surface area contributed by atoms with Crippen molar-refractivity contribution in [3.8, 4) is 5.75 Å². The summed E-state index contributed by atoms with van der Waals surface area (Å²) < 4.78 is 57.7. The first kappa shape index (κ1) is 17.4. The molecular weight excluding hydrogens is 324 g/mol. The second kappa shape index (κ2) is 7.06. The molecule has 0 unspecified atom stereocenters. The van der Waals surface area contributed by atoms with Crippen LogP contribution < -0.4 is 9.46 Å². The van der Waals surface area contributed by atoms with E-state index in [1.807, 2.05) is 32.0 Å². The van der Waals surface area contributed by atoms with E-state index in [0.29, 0.717) is 11.8 Å². The van der Waals surface area contributed by atoms with Crippen LogP contribution in [0, 0.1) is 25.5 Å². The second-order valence-corrected chi connectivity index (χ2v) is 6.86. The van der Waals surface area contributed by atoms with E-state index in [-0.39, 0.29) is 18.0 Å². The van der Waals surface area contributed by atoms with Gasteiger partial charge in [0.2, 0.25) is 10.0 Å². The lowest BCUT2D eigenvalue weighted by Crippen LogP contribution is -2.28. The highest BCUT2D eigenvalue weighted by molar-refractivity contribution is 7.89. The van der Waals surface area contributed by atoms with Gasteiger partial charge >= 0.3 is 0 Å². The molecule has 0 saturated carbocycles. The van der Waals surface area contributed by atoms with Gasteiger partial charge in [0, 0.05) is 6.54 Å². The van der Waals surface area contributed by atoms with Gasteiger partial charge in [-0.05, 0) is 43.7 Å². The molecule has 0 bridgehead atoms. The van der Waals surface area contributed by atoms with Crippen LogP contribution in [0.25, 0.3) is 0 Å². The van der Waals surface area contributed by atoms with E-state index in [1.165, 1.54) is 0 Å². The summed E-state index contributed by atoms with van der Waals surface area (Å²) in [6.07, 6.45) is 0. The van der Waals surface area contributed by atoms with Crippen molar-refractivity contribution in [2.24, 2.45) is 0 Å². The van der Waals surface area contributed by atoms with Gasteiger partial charge in [0.05, 0.1) is 4.90 Å². The molecule has 2 aromatic rings. The average Bonchev–Trinajstić information content (AvgIpc) is 2.48. The molecule has 0 saturated heterocycles. The SMILES string of the molecule is Cc1ccc(OCCNS(=O)(=O)c2ccc(F)c(F)c2)c(C)c1. The van der Waals surface area contributed by atoms with Gasteiger partial charge in [-0.2, -0.15) is 0 Å². The Hall–Kier alpha value is -1.99. The Morgan fingerprint density at radius 2 is 1.78 bits per heavy atom. The number of rotatable bonds is 6. The Labute approximate surface area is 134 Å². The largest absolute Gasteiger partial charge is 0.492 e. The molecule has 0 heterocycles. The van der Waals surface area contributed by atoms with Crippen molar-refractivity contribution in [1.29, 1.82) is 0 Å². The lowest BCUT2D eigenvalue weighted by atomic mass is 10.1. The van der Waals surface area contributed by atoms with Crippen molar-refractivity contribution < 1.29 is 21.9 Å². The van der Waals surface area contributed by atoms with E-state index in [4.69, 9.17) is 4.74 Å². The summed E-state index contributed by atoms with van der Waals surface area (Å²) in [6, 6.07) is 8.09. The van der Waals surface area contributed by atoms with Crippen molar-refractivity contribution in [2.45, 2.75) is 18.7 Å². The van der Waals surface area contributed by atoms with Gasteiger partial charge < -0.3 is 4.74 Å². The highest BCUT2D eigenvalue weighted by Crippen LogP contribution is 2.18. The van der Waals surface area contributed by atoms with E-state index in [2.05, 4.69) is 4.72 Å². The van der Waals surface area contributed by atoms with Crippen LogP contribution in [0.5, 0.6) is 5.75 Å². The highest BCUT2D eigenvalue weighted by atomic mass is 32.2. The van der Waals surface area contributed by atoms with Crippen LogP contribution in [0.2, 0.25) is 0 Å². The number of sulfonamides is 1. The number of ether oxygens (including phenoxy) is 1. The van der Waals surface area contributed by atoms with E-state index >= 15 is 0 Å². The summed E-state index contributed by atoms with van der Waals surface area (Å²) >= 11 is 0. The lowest BCUT2D eigenvalue weighted by molar-refractivity contribution is 0.320. The van der Waals surface area contributed by atoms with Gasteiger partial charge in [0.15, 0.2) is 11.6 Å². The molecule has 0 aliphatic carbocycles. The maximum absolute atomic E-state index is 13.1. The third-order valence-electron chi connectivity index (χ3n) is 3.18. The van der Waals surface area contributed by atoms with Crippen molar-refractivity contribution in [1.82, 2.24) is 4.72 Å². The maximum Gasteiger partial charge on any atom is 0.240 e. The van der Waals surface area contributed by atoms with E-state index in [9.17, 15) is 17.2 Å². The lowest BCUT2D eigenvalue weighted by Gasteiger charge is -2.11. The molecule has 2 rings (SSSR count). The molecule has 2 aromatic carbocycles. The number of nitrogens with one attached hydrogen (secondary N) is 1. The van der Waals surface area contributed by atoms with E-state index in [0.717, 1.165) is 23.3 Å². The van der Waals surface area contributed by atoms with Crippen LogP contribution >= 0.6 is 0 Å². The summed E-state index contributed by atoms with van der Waals surface area (Å²) in [6.45, 7) is 3.99. The number of hydrogen-bond acceptors (Lipinski definition) is 3. The molecule has 0 aliphatic heterocycles. The minimum absolute atomic E-state index is 0.00858. The molecule has 7 heteroatoms. The van der Waals surface area contributed by atoms with Crippen LogP contribution in [0.15, 0.2) is 41.3 Å². The molecule has 0 radical (unpaired) electrons. The molecule has 4 nitrogen and oxygen atoms in total. The number of hydrogen-bond donors (Lipinski definition) is 1. The first-order valence-corrected chi connectivity index (χ1v) is 8.43. The molecule has 0 aliphatic rings. The molecule has 0 spiro atoms. The molecule has 0 amide bonds. The molecule has 1 N–H and O–H groups in total. The zero-order valence-corrected chi connectivity index (χ0v) is 13.6. The van der Waals surface area contributed by atoms with Crippen molar-refractivity contribution >= 4 is 10.0 Å². The monoisotopic (exact) mass is 341 g/mol. The summed E-state index contributed by atoms with van der Waals surface area (Å²) in [5.74, 6) is -1.64. The fraction of sp³-hybridized carbons (Fsp3) is 0.250. The Morgan fingerprint density at radius 3 is 2.43 bits per heavy atom. The third kappa shape index (κ3) is 4.49. The first-order chi connectivity index (χ1) is 10.8. The second-order valence-electron chi connectivity index (χ2n) is 5.09. The van der Waals surface area contributed by atoms with Crippen molar-refractivity contribution in [3.63, 3.8) is 0 Å². The van der Waals surface area contributed by atoms with Gasteiger partial charge in [-0.3, -0.25) is 0 Å². The number of aryl methyl sites for hydroxylation is 2. The topological polar surface area (TPSA) is 55.4 Å². The smallest absolute Gasteiger partial charge is 0.240 e. The molecule has 23 heavy (non-hydrogen) atoms. The van der Waals surface area contributed by atoms with Crippen molar-refractivity contribution in [2.75, 3.05) is 13.2 Å². The minimum Gasteiger partial charge on any atom is -0.492 e. The third-order valence-corrected chi connectivity index (χ3v) is 4.64. The Morgan fingerprint density at radius 1 is 1.04 bits per heavy atom. The predicted octanol–water partition coefficient (Wildman–Crippen LogP) is 2.94. The van der Waals surface area contributed by atoms with E-state index in [1.54, 1.807) is 0 Å². The number of halogens is 2. The van der Waals surface area contributed by atoms with Crippen LogP contribution in [-0.2, 0) is 10.0 Å². The van der Waals surface area contributed by atoms with Crippen LogP contribution in [-0.4, -0.2) is 21.6 Å². The normalized spacial score (nSPS) is 11.5. The Bertz CT molecular complexity index is 807. The zero-order chi connectivity index (χ0) is 17.0. The average molecular weight is 341 g/mol. The van der Waals surface area contributed by atoms with Gasteiger partial charge in [0.1, 0.15) is 12.4 Å². The summed E-state index contributed by atoms with van der Waals surface area (Å²) in [7, 11) is -3.91. The molecule has 0 aromatic heterocycles. The quantitative estimate of drug-likeness (QED) is 0.822. The maximum atomic E-state index is 13.1. The molecule has 124 valence electrons. The fourth-order valence-electron chi connectivity index (χ4n) is 2.03. The Balaban J connectivity index is 1.93. The Kier molecular flexibility index (Phi) is 5.33. The van der Waals surface area contributed by atoms with Crippen LogP contribution in [0.3, 0.4) is 0 Å². The van der Waals surface area contributed by atoms with Crippen LogP contribution in [0.1, 0.15) is 11.1 Å². The molecule has 0 fully saturated rings. The van der Waals surface area contributed by atoms with Crippen LogP contribution in [0.4, 0.5) is 8.78 Å². The predicted molar refractivity (Wildman–Crippen MR) is 83.0 cm³/mol. The summed E-state index contributed by atoms with van der Waals surface area (Å²) in [5.41, 5.74) is 2.06.